The van der Waals surface area contributed by atoms with Crippen LogP contribution in [0.4, 0.5) is 4.79 Å². The second kappa shape index (κ2) is 3.32. The van der Waals surface area contributed by atoms with Gasteiger partial charge in [0, 0.05) is 0 Å². The van der Waals surface area contributed by atoms with Crippen molar-refractivity contribution in [1.82, 2.24) is 10.6 Å². The van der Waals surface area contributed by atoms with E-state index in [4.69, 9.17) is 0 Å². The summed E-state index contributed by atoms with van der Waals surface area (Å²) in [5, 5.41) is 5.15. The fourth-order valence-electron chi connectivity index (χ4n) is 3.02. The number of carbonyl (C=O) groups excluding carboxylic acids is 2. The van der Waals surface area contributed by atoms with Crippen LogP contribution in [0.3, 0.4) is 0 Å². The van der Waals surface area contributed by atoms with E-state index >= 15 is 0 Å². The van der Waals surface area contributed by atoms with E-state index in [0.717, 1.165) is 12.0 Å². The van der Waals surface area contributed by atoms with E-state index in [1.54, 1.807) is 0 Å². The van der Waals surface area contributed by atoms with Crippen molar-refractivity contribution < 1.29 is 9.59 Å². The molecule has 2 aliphatic rings. The van der Waals surface area contributed by atoms with Crippen molar-refractivity contribution in [2.24, 2.45) is 0 Å². The monoisotopic (exact) mass is 230 g/mol. The summed E-state index contributed by atoms with van der Waals surface area (Å²) in [6.07, 6.45) is 1.64. The van der Waals surface area contributed by atoms with E-state index in [0.29, 0.717) is 12.3 Å². The molecule has 0 saturated carbocycles. The van der Waals surface area contributed by atoms with Gasteiger partial charge in [-0.1, -0.05) is 31.2 Å². The molecule has 1 spiro atoms. The van der Waals surface area contributed by atoms with Crippen LogP contribution in [0.15, 0.2) is 24.3 Å². The van der Waals surface area contributed by atoms with E-state index in [9.17, 15) is 9.59 Å². The maximum atomic E-state index is 12.0. The quantitative estimate of drug-likeness (QED) is 0.720. The molecule has 1 fully saturated rings. The van der Waals surface area contributed by atoms with Crippen molar-refractivity contribution in [3.8, 4) is 0 Å². The topological polar surface area (TPSA) is 58.2 Å². The lowest BCUT2D eigenvalue weighted by atomic mass is 9.91. The minimum absolute atomic E-state index is 0.217. The van der Waals surface area contributed by atoms with Crippen LogP contribution in [0, 0.1) is 0 Å². The van der Waals surface area contributed by atoms with Gasteiger partial charge in [0.15, 0.2) is 0 Å². The minimum Gasteiger partial charge on any atom is -0.319 e. The van der Waals surface area contributed by atoms with E-state index in [-0.39, 0.29) is 11.9 Å². The highest BCUT2D eigenvalue weighted by Crippen LogP contribution is 2.47. The third-order valence-corrected chi connectivity index (χ3v) is 3.85. The normalized spacial score (nSPS) is 30.3. The van der Waals surface area contributed by atoms with Crippen LogP contribution in [0.25, 0.3) is 0 Å². The molecule has 1 aliphatic heterocycles. The second-order valence-electron chi connectivity index (χ2n) is 4.71. The average Bonchev–Trinajstić information content (AvgIpc) is 2.79. The Hall–Kier alpha value is -1.84. The molecular formula is C13H14N2O2. The fraction of sp³-hybridized carbons (Fsp3) is 0.385. The van der Waals surface area contributed by atoms with E-state index in [1.807, 2.05) is 18.2 Å². The lowest BCUT2D eigenvalue weighted by Gasteiger charge is -2.21. The smallest absolute Gasteiger partial charge is 0.319 e. The number of carbonyl (C=O) groups is 2. The second-order valence-corrected chi connectivity index (χ2v) is 4.71. The summed E-state index contributed by atoms with van der Waals surface area (Å²) in [5.74, 6) is 0.126. The Balaban J connectivity index is 2.16. The molecule has 0 radical (unpaired) electrons. The Morgan fingerprint density at radius 3 is 2.76 bits per heavy atom. The zero-order chi connectivity index (χ0) is 12.0. The van der Waals surface area contributed by atoms with Crippen LogP contribution in [0.5, 0.6) is 0 Å². The Kier molecular flexibility index (Phi) is 2.02. The molecule has 2 N–H and O–H groups in total. The van der Waals surface area contributed by atoms with Crippen molar-refractivity contribution in [3.05, 3.63) is 35.4 Å². The number of fused-ring (bicyclic) bond motifs is 2. The van der Waals surface area contributed by atoms with Gasteiger partial charge in [-0.2, -0.15) is 0 Å². The predicted molar refractivity (Wildman–Crippen MR) is 62.4 cm³/mol. The highest BCUT2D eigenvalue weighted by Gasteiger charge is 2.53. The molecule has 4 heteroatoms. The minimum atomic E-state index is -0.825. The first-order valence-electron chi connectivity index (χ1n) is 5.90. The Labute approximate surface area is 99.4 Å². The van der Waals surface area contributed by atoms with Crippen LogP contribution in [-0.2, 0) is 10.3 Å². The van der Waals surface area contributed by atoms with Crippen LogP contribution in [0.1, 0.15) is 36.8 Å². The van der Waals surface area contributed by atoms with Crippen molar-refractivity contribution in [1.29, 1.82) is 0 Å². The van der Waals surface area contributed by atoms with Crippen molar-refractivity contribution in [2.75, 3.05) is 0 Å². The molecule has 1 aliphatic carbocycles. The van der Waals surface area contributed by atoms with Crippen LogP contribution >= 0.6 is 0 Å². The third kappa shape index (κ3) is 1.24. The molecule has 0 aromatic heterocycles. The molecule has 17 heavy (non-hydrogen) atoms. The van der Waals surface area contributed by atoms with Gasteiger partial charge in [-0.25, -0.2) is 4.79 Å². The van der Waals surface area contributed by atoms with E-state index < -0.39 is 5.54 Å². The molecule has 4 nitrogen and oxygen atoms in total. The molecule has 1 aromatic rings. The zero-order valence-electron chi connectivity index (χ0n) is 9.62. The fourth-order valence-corrected chi connectivity index (χ4v) is 3.02. The third-order valence-electron chi connectivity index (χ3n) is 3.85. The molecule has 3 amide bonds. The summed E-state index contributed by atoms with van der Waals surface area (Å²) in [6, 6.07) is 7.50. The van der Waals surface area contributed by atoms with Crippen LogP contribution in [-0.4, -0.2) is 11.9 Å². The van der Waals surface area contributed by atoms with Gasteiger partial charge in [-0.3, -0.25) is 10.1 Å². The number of imide groups is 1. The maximum absolute atomic E-state index is 12.0. The van der Waals surface area contributed by atoms with Gasteiger partial charge in [0.2, 0.25) is 0 Å². The first-order valence-corrected chi connectivity index (χ1v) is 5.90. The molecule has 3 rings (SSSR count). The highest BCUT2D eigenvalue weighted by atomic mass is 16.2. The van der Waals surface area contributed by atoms with Crippen molar-refractivity contribution in [2.45, 2.75) is 31.2 Å². The summed E-state index contributed by atoms with van der Waals surface area (Å²) in [6.45, 7) is 2.11. The molecule has 88 valence electrons. The lowest BCUT2D eigenvalue weighted by Crippen LogP contribution is -2.41. The summed E-state index contributed by atoms with van der Waals surface area (Å²) in [7, 11) is 0. The molecule has 1 aromatic carbocycles. The Bertz CT molecular complexity index is 512. The number of rotatable bonds is 1. The molecule has 2 unspecified atom stereocenters. The number of hydrogen-bond acceptors (Lipinski definition) is 2. The molecule has 1 saturated heterocycles. The van der Waals surface area contributed by atoms with E-state index in [2.05, 4.69) is 23.6 Å². The van der Waals surface area contributed by atoms with Gasteiger partial charge in [-0.05, 0) is 29.9 Å². The molecular weight excluding hydrogens is 216 g/mol. The summed E-state index contributed by atoms with van der Waals surface area (Å²) in [4.78, 5) is 23.4. The molecule has 0 bridgehead atoms. The summed E-state index contributed by atoms with van der Waals surface area (Å²) >= 11 is 0. The highest BCUT2D eigenvalue weighted by molar-refractivity contribution is 6.08. The molecule has 2 atom stereocenters. The van der Waals surface area contributed by atoms with E-state index in [1.165, 1.54) is 5.56 Å². The van der Waals surface area contributed by atoms with Crippen molar-refractivity contribution in [3.63, 3.8) is 0 Å². The van der Waals surface area contributed by atoms with Crippen LogP contribution in [0.2, 0.25) is 0 Å². The van der Waals surface area contributed by atoms with Gasteiger partial charge in [-0.15, -0.1) is 0 Å². The largest absolute Gasteiger partial charge is 0.322 e. The standard InChI is InChI=1S/C13H14N2O2/c1-2-8-7-13(11(16)14-12(17)15-13)10-6-4-3-5-9(8)10/h3-6,8H,2,7H2,1H3,(H2,14,15,16,17). The van der Waals surface area contributed by atoms with Gasteiger partial charge < -0.3 is 5.32 Å². The van der Waals surface area contributed by atoms with Crippen LogP contribution < -0.4 is 10.6 Å². The SMILES string of the molecule is CCC1CC2(NC(=O)NC2=O)c2ccccc21. The average molecular weight is 230 g/mol. The lowest BCUT2D eigenvalue weighted by molar-refractivity contribution is -0.124. The summed E-state index contributed by atoms with van der Waals surface area (Å²) in [5.41, 5.74) is 1.32. The zero-order valence-corrected chi connectivity index (χ0v) is 9.62. The number of nitrogens with one attached hydrogen (secondary N) is 2. The maximum Gasteiger partial charge on any atom is 0.322 e. The summed E-state index contributed by atoms with van der Waals surface area (Å²) < 4.78 is 0. The van der Waals surface area contributed by atoms with Gasteiger partial charge in [0.25, 0.3) is 5.91 Å². The number of benzene rings is 1. The first kappa shape index (κ1) is 10.3. The molecule has 1 heterocycles. The number of hydrogen-bond donors (Lipinski definition) is 2. The first-order chi connectivity index (χ1) is 8.17. The number of urea groups is 1. The number of amides is 3. The predicted octanol–water partition coefficient (Wildman–Crippen LogP) is 1.62. The van der Waals surface area contributed by atoms with Gasteiger partial charge in [0.05, 0.1) is 0 Å². The van der Waals surface area contributed by atoms with Gasteiger partial charge in [0.1, 0.15) is 5.54 Å². The Morgan fingerprint density at radius 1 is 1.35 bits per heavy atom. The van der Waals surface area contributed by atoms with Crippen molar-refractivity contribution >= 4 is 11.9 Å². The van der Waals surface area contributed by atoms with Gasteiger partial charge >= 0.3 is 6.03 Å². The Morgan fingerprint density at radius 2 is 2.12 bits per heavy atom.